The van der Waals surface area contributed by atoms with Gasteiger partial charge in [-0.05, 0) is 31.7 Å². The number of rotatable bonds is 5. The highest BCUT2D eigenvalue weighted by Gasteiger charge is 2.51. The SMILES string of the molecule is CCCNCCN1C(=O)C2CC(C)CC2C1=O. The van der Waals surface area contributed by atoms with E-state index in [9.17, 15) is 9.59 Å². The molecule has 1 aliphatic heterocycles. The fourth-order valence-electron chi connectivity index (χ4n) is 3.06. The third-order valence-corrected chi connectivity index (χ3v) is 3.90. The standard InChI is InChI=1S/C13H22N2O2/c1-3-4-14-5-6-15-12(16)10-7-9(2)8-11(10)13(15)17/h9-11,14H,3-8H2,1-2H3. The first-order valence-corrected chi connectivity index (χ1v) is 6.71. The number of nitrogens with zero attached hydrogens (tertiary/aromatic N) is 1. The van der Waals surface area contributed by atoms with Crippen LogP contribution in [0.25, 0.3) is 0 Å². The van der Waals surface area contributed by atoms with Crippen molar-refractivity contribution in [3.05, 3.63) is 0 Å². The second-order valence-corrected chi connectivity index (χ2v) is 5.37. The van der Waals surface area contributed by atoms with Gasteiger partial charge in [0.05, 0.1) is 11.8 Å². The summed E-state index contributed by atoms with van der Waals surface area (Å²) in [6.07, 6.45) is 2.87. The van der Waals surface area contributed by atoms with Crippen molar-refractivity contribution in [2.75, 3.05) is 19.6 Å². The van der Waals surface area contributed by atoms with Crippen molar-refractivity contribution < 1.29 is 9.59 Å². The molecule has 2 aliphatic rings. The van der Waals surface area contributed by atoms with Crippen molar-refractivity contribution in [2.45, 2.75) is 33.1 Å². The lowest BCUT2D eigenvalue weighted by Gasteiger charge is -2.16. The average Bonchev–Trinajstić information content (AvgIpc) is 2.77. The summed E-state index contributed by atoms with van der Waals surface area (Å²) in [5, 5.41) is 3.23. The average molecular weight is 238 g/mol. The van der Waals surface area contributed by atoms with E-state index in [1.807, 2.05) is 0 Å². The molecule has 1 saturated heterocycles. The van der Waals surface area contributed by atoms with E-state index in [0.717, 1.165) is 32.4 Å². The molecule has 0 bridgehead atoms. The number of likely N-dealkylation sites (tertiary alicyclic amines) is 1. The van der Waals surface area contributed by atoms with Gasteiger partial charge in [0.25, 0.3) is 0 Å². The van der Waals surface area contributed by atoms with Gasteiger partial charge in [0.2, 0.25) is 11.8 Å². The molecule has 1 heterocycles. The Morgan fingerprint density at radius 1 is 1.18 bits per heavy atom. The number of imide groups is 1. The summed E-state index contributed by atoms with van der Waals surface area (Å²) in [4.78, 5) is 25.6. The fourth-order valence-corrected chi connectivity index (χ4v) is 3.06. The van der Waals surface area contributed by atoms with Crippen molar-refractivity contribution in [1.82, 2.24) is 10.2 Å². The highest BCUT2D eigenvalue weighted by Crippen LogP contribution is 2.42. The minimum Gasteiger partial charge on any atom is -0.315 e. The number of hydrogen-bond acceptors (Lipinski definition) is 3. The summed E-state index contributed by atoms with van der Waals surface area (Å²) in [6.45, 7) is 6.44. The molecule has 0 aromatic rings. The van der Waals surface area contributed by atoms with Crippen LogP contribution in [0.2, 0.25) is 0 Å². The van der Waals surface area contributed by atoms with Crippen molar-refractivity contribution in [2.24, 2.45) is 17.8 Å². The molecular weight excluding hydrogens is 216 g/mol. The lowest BCUT2D eigenvalue weighted by atomic mass is 10.00. The smallest absolute Gasteiger partial charge is 0.233 e. The minimum atomic E-state index is -0.0105. The van der Waals surface area contributed by atoms with Gasteiger partial charge < -0.3 is 5.32 Å². The molecule has 17 heavy (non-hydrogen) atoms. The van der Waals surface area contributed by atoms with E-state index in [1.54, 1.807) is 0 Å². The van der Waals surface area contributed by atoms with Crippen molar-refractivity contribution in [1.29, 1.82) is 0 Å². The van der Waals surface area contributed by atoms with Gasteiger partial charge in [-0.3, -0.25) is 14.5 Å². The van der Waals surface area contributed by atoms with Gasteiger partial charge in [-0.2, -0.15) is 0 Å². The van der Waals surface area contributed by atoms with Gasteiger partial charge in [0.1, 0.15) is 0 Å². The molecule has 2 unspecified atom stereocenters. The van der Waals surface area contributed by atoms with Gasteiger partial charge in [-0.15, -0.1) is 0 Å². The maximum absolute atomic E-state index is 12.1. The number of amides is 2. The van der Waals surface area contributed by atoms with Crippen LogP contribution in [0.4, 0.5) is 0 Å². The minimum absolute atomic E-state index is 0.0105. The molecule has 96 valence electrons. The molecule has 1 saturated carbocycles. The van der Waals surface area contributed by atoms with Crippen LogP contribution < -0.4 is 5.32 Å². The van der Waals surface area contributed by atoms with Crippen LogP contribution in [-0.4, -0.2) is 36.3 Å². The predicted molar refractivity (Wildman–Crippen MR) is 65.3 cm³/mol. The molecule has 1 aliphatic carbocycles. The molecule has 4 nitrogen and oxygen atoms in total. The van der Waals surface area contributed by atoms with Gasteiger partial charge in [-0.1, -0.05) is 13.8 Å². The summed E-state index contributed by atoms with van der Waals surface area (Å²) in [6, 6.07) is 0. The summed E-state index contributed by atoms with van der Waals surface area (Å²) < 4.78 is 0. The zero-order valence-electron chi connectivity index (χ0n) is 10.7. The molecule has 1 N–H and O–H groups in total. The summed E-state index contributed by atoms with van der Waals surface area (Å²) in [7, 11) is 0. The van der Waals surface area contributed by atoms with E-state index in [-0.39, 0.29) is 23.7 Å². The molecule has 0 aromatic heterocycles. The van der Waals surface area contributed by atoms with Gasteiger partial charge in [0.15, 0.2) is 0 Å². The highest BCUT2D eigenvalue weighted by molar-refractivity contribution is 6.05. The molecule has 2 rings (SSSR count). The van der Waals surface area contributed by atoms with Crippen LogP contribution in [0.1, 0.15) is 33.1 Å². The molecule has 2 atom stereocenters. The Balaban J connectivity index is 1.88. The predicted octanol–water partition coefficient (Wildman–Crippen LogP) is 1.02. The Kier molecular flexibility index (Phi) is 3.82. The Morgan fingerprint density at radius 3 is 2.29 bits per heavy atom. The molecule has 0 spiro atoms. The second kappa shape index (κ2) is 5.17. The Labute approximate surface area is 103 Å². The van der Waals surface area contributed by atoms with E-state index in [0.29, 0.717) is 12.5 Å². The van der Waals surface area contributed by atoms with E-state index in [4.69, 9.17) is 0 Å². The van der Waals surface area contributed by atoms with E-state index >= 15 is 0 Å². The van der Waals surface area contributed by atoms with Crippen molar-refractivity contribution in [3.8, 4) is 0 Å². The Bertz CT molecular complexity index is 293. The van der Waals surface area contributed by atoms with Crippen molar-refractivity contribution >= 4 is 11.8 Å². The lowest BCUT2D eigenvalue weighted by Crippen LogP contribution is -2.38. The van der Waals surface area contributed by atoms with E-state index in [2.05, 4.69) is 19.2 Å². The number of nitrogens with one attached hydrogen (secondary N) is 1. The fraction of sp³-hybridized carbons (Fsp3) is 0.846. The van der Waals surface area contributed by atoms with Crippen LogP contribution in [0.5, 0.6) is 0 Å². The van der Waals surface area contributed by atoms with Crippen LogP contribution in [0, 0.1) is 17.8 Å². The van der Waals surface area contributed by atoms with E-state index in [1.165, 1.54) is 4.90 Å². The van der Waals surface area contributed by atoms with Crippen LogP contribution >= 0.6 is 0 Å². The quantitative estimate of drug-likeness (QED) is 0.574. The first-order chi connectivity index (χ1) is 8.15. The molecule has 2 amide bonds. The first-order valence-electron chi connectivity index (χ1n) is 6.71. The number of carbonyl (C=O) groups is 2. The number of carbonyl (C=O) groups excluding carboxylic acids is 2. The maximum Gasteiger partial charge on any atom is 0.233 e. The second-order valence-electron chi connectivity index (χ2n) is 5.37. The van der Waals surface area contributed by atoms with Gasteiger partial charge >= 0.3 is 0 Å². The van der Waals surface area contributed by atoms with Crippen LogP contribution in [0.3, 0.4) is 0 Å². The molecule has 4 heteroatoms. The third kappa shape index (κ3) is 2.37. The molecule has 0 radical (unpaired) electrons. The topological polar surface area (TPSA) is 49.4 Å². The monoisotopic (exact) mass is 238 g/mol. The number of hydrogen-bond donors (Lipinski definition) is 1. The number of fused-ring (bicyclic) bond motifs is 1. The molecular formula is C13H22N2O2. The first kappa shape index (κ1) is 12.6. The summed E-state index contributed by atoms with van der Waals surface area (Å²) in [5.74, 6) is 0.649. The van der Waals surface area contributed by atoms with Gasteiger partial charge in [0, 0.05) is 13.1 Å². The zero-order valence-corrected chi connectivity index (χ0v) is 10.7. The van der Waals surface area contributed by atoms with Gasteiger partial charge in [-0.25, -0.2) is 0 Å². The Hall–Kier alpha value is -0.900. The maximum atomic E-state index is 12.1. The van der Waals surface area contributed by atoms with Crippen LogP contribution in [0.15, 0.2) is 0 Å². The third-order valence-electron chi connectivity index (χ3n) is 3.90. The van der Waals surface area contributed by atoms with Crippen LogP contribution in [-0.2, 0) is 9.59 Å². The van der Waals surface area contributed by atoms with Crippen molar-refractivity contribution in [3.63, 3.8) is 0 Å². The van der Waals surface area contributed by atoms with E-state index < -0.39 is 0 Å². The molecule has 0 aromatic carbocycles. The summed E-state index contributed by atoms with van der Waals surface area (Å²) in [5.41, 5.74) is 0. The highest BCUT2D eigenvalue weighted by atomic mass is 16.2. The normalized spacial score (nSPS) is 32.4. The Morgan fingerprint density at radius 2 is 1.76 bits per heavy atom. The molecule has 2 fully saturated rings. The zero-order chi connectivity index (χ0) is 12.4. The largest absolute Gasteiger partial charge is 0.315 e. The summed E-state index contributed by atoms with van der Waals surface area (Å²) >= 11 is 0. The lowest BCUT2D eigenvalue weighted by molar-refractivity contribution is -0.140.